The fourth-order valence-corrected chi connectivity index (χ4v) is 4.18. The van der Waals surface area contributed by atoms with E-state index in [2.05, 4.69) is 5.32 Å². The van der Waals surface area contributed by atoms with Gasteiger partial charge in [-0.1, -0.05) is 24.3 Å². The highest BCUT2D eigenvalue weighted by Gasteiger charge is 2.30. The van der Waals surface area contributed by atoms with Crippen molar-refractivity contribution in [3.05, 3.63) is 59.2 Å². The molecule has 2 atom stereocenters. The third-order valence-electron chi connectivity index (χ3n) is 4.80. The Morgan fingerprint density at radius 1 is 1.03 bits per heavy atom. The number of amides is 1. The number of hydrogen-bond donors (Lipinski definition) is 1. The molecule has 0 unspecified atom stereocenters. The predicted molar refractivity (Wildman–Crippen MR) is 117 cm³/mol. The first-order chi connectivity index (χ1) is 13.5. The van der Waals surface area contributed by atoms with Crippen molar-refractivity contribution in [3.8, 4) is 5.75 Å². The van der Waals surface area contributed by atoms with Gasteiger partial charge in [-0.2, -0.15) is 0 Å². The van der Waals surface area contributed by atoms with Crippen LogP contribution in [0, 0.1) is 20.8 Å². The third-order valence-corrected chi connectivity index (χ3v) is 6.05. The topological polar surface area (TPSA) is 75.7 Å². The van der Waals surface area contributed by atoms with Gasteiger partial charge in [0.2, 0.25) is 15.9 Å². The van der Waals surface area contributed by atoms with Crippen LogP contribution in [0.1, 0.15) is 30.5 Å². The van der Waals surface area contributed by atoms with Gasteiger partial charge in [0.25, 0.3) is 0 Å². The Hall–Kier alpha value is -2.54. The summed E-state index contributed by atoms with van der Waals surface area (Å²) in [6.07, 6.45) is 1.11. The van der Waals surface area contributed by atoms with Gasteiger partial charge in [0.05, 0.1) is 18.0 Å². The minimum absolute atomic E-state index is 0.284. The zero-order chi connectivity index (χ0) is 21.8. The monoisotopic (exact) mass is 418 g/mol. The van der Waals surface area contributed by atoms with Crippen LogP contribution in [0.2, 0.25) is 0 Å². The molecule has 0 aliphatic rings. The highest BCUT2D eigenvalue weighted by atomic mass is 32.2. The Labute approximate surface area is 173 Å². The molecule has 0 fully saturated rings. The zero-order valence-electron chi connectivity index (χ0n) is 17.9. The van der Waals surface area contributed by atoms with Crippen LogP contribution >= 0.6 is 0 Å². The summed E-state index contributed by atoms with van der Waals surface area (Å²) in [5, 5.41) is 2.85. The summed E-state index contributed by atoms with van der Waals surface area (Å²) < 4.78 is 31.8. The molecular formula is C22H30N2O4S. The van der Waals surface area contributed by atoms with Crippen molar-refractivity contribution in [1.29, 1.82) is 0 Å². The maximum Gasteiger partial charge on any atom is 0.243 e. The molecule has 0 saturated carbocycles. The van der Waals surface area contributed by atoms with E-state index in [0.717, 1.165) is 33.0 Å². The van der Waals surface area contributed by atoms with E-state index in [4.69, 9.17) is 4.74 Å². The van der Waals surface area contributed by atoms with E-state index in [1.807, 2.05) is 58.0 Å². The van der Waals surface area contributed by atoms with E-state index in [0.29, 0.717) is 5.69 Å². The Morgan fingerprint density at radius 3 is 2.28 bits per heavy atom. The smallest absolute Gasteiger partial charge is 0.243 e. The van der Waals surface area contributed by atoms with Crippen molar-refractivity contribution >= 4 is 21.6 Å². The molecule has 7 heteroatoms. The third kappa shape index (κ3) is 5.97. The van der Waals surface area contributed by atoms with Crippen LogP contribution in [0.3, 0.4) is 0 Å². The van der Waals surface area contributed by atoms with Gasteiger partial charge in [0, 0.05) is 0 Å². The molecular weight excluding hydrogens is 388 g/mol. The summed E-state index contributed by atoms with van der Waals surface area (Å²) in [7, 11) is -3.65. The van der Waals surface area contributed by atoms with Gasteiger partial charge >= 0.3 is 0 Å². The number of nitrogens with zero attached hydrogens (tertiary/aromatic N) is 1. The molecule has 1 N–H and O–H groups in total. The van der Waals surface area contributed by atoms with E-state index in [9.17, 15) is 13.2 Å². The number of sulfonamides is 1. The van der Waals surface area contributed by atoms with Crippen molar-refractivity contribution in [2.45, 2.75) is 46.7 Å². The number of ether oxygens (including phenoxy) is 1. The minimum Gasteiger partial charge on any atom is -0.491 e. The molecule has 0 aliphatic carbocycles. The molecule has 1 amide bonds. The van der Waals surface area contributed by atoms with Gasteiger partial charge in [-0.25, -0.2) is 8.42 Å². The molecule has 29 heavy (non-hydrogen) atoms. The lowest BCUT2D eigenvalue weighted by Gasteiger charge is -2.29. The Balaban J connectivity index is 2.10. The van der Waals surface area contributed by atoms with Gasteiger partial charge in [-0.05, 0) is 69.5 Å². The second-order valence-corrected chi connectivity index (χ2v) is 9.35. The first kappa shape index (κ1) is 22.7. The summed E-state index contributed by atoms with van der Waals surface area (Å²) >= 11 is 0. The van der Waals surface area contributed by atoms with Crippen molar-refractivity contribution in [3.63, 3.8) is 0 Å². The summed E-state index contributed by atoms with van der Waals surface area (Å²) in [5.74, 6) is 0.379. The number of benzene rings is 2. The van der Waals surface area contributed by atoms with Crippen LogP contribution < -0.4 is 14.4 Å². The molecule has 2 aromatic carbocycles. The number of aryl methyl sites for hydroxylation is 3. The number of anilines is 1. The lowest BCUT2D eigenvalue weighted by Crippen LogP contribution is -2.50. The molecule has 0 aliphatic heterocycles. The minimum atomic E-state index is -3.65. The molecule has 0 aromatic heterocycles. The van der Waals surface area contributed by atoms with E-state index in [-0.39, 0.29) is 18.6 Å². The maximum atomic E-state index is 12.8. The highest BCUT2D eigenvalue weighted by molar-refractivity contribution is 7.92. The number of hydrogen-bond acceptors (Lipinski definition) is 4. The number of carbonyl (C=O) groups excluding carboxylic acids is 1. The van der Waals surface area contributed by atoms with E-state index < -0.39 is 16.1 Å². The standard InChI is InChI=1S/C22H30N2O4S/c1-15-11-12-20(13-17(15)3)24(29(6,26)27)19(5)22(25)23-18(4)14-28-21-10-8-7-9-16(21)2/h7-13,18-19H,14H2,1-6H3,(H,23,25)/t18-,19+/m1/s1. The summed E-state index contributed by atoms with van der Waals surface area (Å²) in [5.41, 5.74) is 3.50. The van der Waals surface area contributed by atoms with Gasteiger partial charge < -0.3 is 10.1 Å². The second-order valence-electron chi connectivity index (χ2n) is 7.49. The lowest BCUT2D eigenvalue weighted by atomic mass is 10.1. The number of para-hydroxylation sites is 1. The van der Waals surface area contributed by atoms with Gasteiger partial charge in [0.1, 0.15) is 18.4 Å². The Morgan fingerprint density at radius 2 is 1.69 bits per heavy atom. The Kier molecular flexibility index (Phi) is 7.30. The largest absolute Gasteiger partial charge is 0.491 e. The molecule has 0 spiro atoms. The number of nitrogens with one attached hydrogen (secondary N) is 1. The molecule has 0 radical (unpaired) electrons. The predicted octanol–water partition coefficient (Wildman–Crippen LogP) is 3.35. The molecule has 158 valence electrons. The van der Waals surface area contributed by atoms with Crippen molar-refractivity contribution in [2.75, 3.05) is 17.2 Å². The zero-order valence-corrected chi connectivity index (χ0v) is 18.7. The lowest BCUT2D eigenvalue weighted by molar-refractivity contribution is -0.122. The molecule has 0 heterocycles. The van der Waals surface area contributed by atoms with Gasteiger partial charge in [-0.15, -0.1) is 0 Å². The molecule has 6 nitrogen and oxygen atoms in total. The fraction of sp³-hybridized carbons (Fsp3) is 0.409. The average Bonchev–Trinajstić information content (AvgIpc) is 2.63. The van der Waals surface area contributed by atoms with Crippen molar-refractivity contribution < 1.29 is 17.9 Å². The quantitative estimate of drug-likeness (QED) is 0.713. The van der Waals surface area contributed by atoms with Crippen molar-refractivity contribution in [1.82, 2.24) is 5.32 Å². The summed E-state index contributed by atoms with van der Waals surface area (Å²) in [4.78, 5) is 12.8. The SMILES string of the molecule is Cc1ccc(N([C@@H](C)C(=O)N[C@H](C)COc2ccccc2C)S(C)(=O)=O)cc1C. The molecule has 0 saturated heterocycles. The van der Waals surface area contributed by atoms with E-state index in [1.165, 1.54) is 0 Å². The highest BCUT2D eigenvalue weighted by Crippen LogP contribution is 2.24. The van der Waals surface area contributed by atoms with Crippen LogP contribution in [-0.4, -0.2) is 39.3 Å². The van der Waals surface area contributed by atoms with Crippen LogP contribution in [0.4, 0.5) is 5.69 Å². The normalized spacial score (nSPS) is 13.4. The summed E-state index contributed by atoms with van der Waals surface area (Å²) in [6.45, 7) is 9.51. The van der Waals surface area contributed by atoms with Gasteiger partial charge in [0.15, 0.2) is 0 Å². The Bertz CT molecular complexity index is 973. The summed E-state index contributed by atoms with van der Waals surface area (Å²) in [6, 6.07) is 11.8. The molecule has 2 rings (SSSR count). The van der Waals surface area contributed by atoms with Crippen molar-refractivity contribution in [2.24, 2.45) is 0 Å². The first-order valence-electron chi connectivity index (χ1n) is 9.56. The molecule has 0 bridgehead atoms. The van der Waals surface area contributed by atoms with Crippen LogP contribution in [0.5, 0.6) is 5.75 Å². The maximum absolute atomic E-state index is 12.8. The molecule has 2 aromatic rings. The van der Waals surface area contributed by atoms with Gasteiger partial charge in [-0.3, -0.25) is 9.10 Å². The van der Waals surface area contributed by atoms with E-state index in [1.54, 1.807) is 19.1 Å². The first-order valence-corrected chi connectivity index (χ1v) is 11.4. The van der Waals surface area contributed by atoms with E-state index >= 15 is 0 Å². The second kappa shape index (κ2) is 9.31. The van der Waals surface area contributed by atoms with Crippen LogP contribution in [0.25, 0.3) is 0 Å². The average molecular weight is 419 g/mol. The number of carbonyl (C=O) groups is 1. The van der Waals surface area contributed by atoms with Crippen LogP contribution in [0.15, 0.2) is 42.5 Å². The fourth-order valence-electron chi connectivity index (χ4n) is 3.01. The van der Waals surface area contributed by atoms with Crippen LogP contribution in [-0.2, 0) is 14.8 Å². The number of rotatable bonds is 8.